The Bertz CT molecular complexity index is 615. The van der Waals surface area contributed by atoms with Crippen LogP contribution in [0.5, 0.6) is 0 Å². The molecular weight excluding hydrogens is 349 g/mol. The van der Waals surface area contributed by atoms with Crippen LogP contribution in [-0.2, 0) is 20.9 Å². The molecule has 1 aliphatic rings. The number of rotatable bonds is 8. The number of hydrogen-bond acceptors (Lipinski definition) is 4. The van der Waals surface area contributed by atoms with Crippen LogP contribution in [0.1, 0.15) is 18.4 Å². The van der Waals surface area contributed by atoms with E-state index >= 15 is 0 Å². The summed E-state index contributed by atoms with van der Waals surface area (Å²) in [5.41, 5.74) is 0.710. The minimum atomic E-state index is -0.574. The average molecular weight is 372 g/mol. The van der Waals surface area contributed by atoms with Crippen molar-refractivity contribution in [1.82, 2.24) is 15.5 Å². The zero-order valence-electron chi connectivity index (χ0n) is 14.2. The van der Waals surface area contributed by atoms with E-state index in [1.807, 2.05) is 4.90 Å². The van der Waals surface area contributed by atoms with E-state index < -0.39 is 11.9 Å². The number of carbonyl (C=O) groups excluding carboxylic acids is 2. The second kappa shape index (κ2) is 9.70. The minimum Gasteiger partial charge on any atom is -0.385 e. The lowest BCUT2D eigenvalue weighted by molar-refractivity contribution is -0.134. The molecule has 1 unspecified atom stereocenters. The fourth-order valence-electron chi connectivity index (χ4n) is 2.74. The highest BCUT2D eigenvalue weighted by atomic mass is 35.5. The van der Waals surface area contributed by atoms with Gasteiger partial charge in [0.15, 0.2) is 0 Å². The van der Waals surface area contributed by atoms with Crippen LogP contribution in [0.3, 0.4) is 0 Å². The van der Waals surface area contributed by atoms with Crippen LogP contribution in [0.4, 0.5) is 4.39 Å². The molecule has 2 amide bonds. The molecule has 25 heavy (non-hydrogen) atoms. The van der Waals surface area contributed by atoms with Crippen molar-refractivity contribution in [2.24, 2.45) is 0 Å². The molecular formula is C17H23ClFN3O3. The molecule has 1 aromatic rings. The molecule has 0 saturated carbocycles. The molecule has 1 atom stereocenters. The molecule has 0 aliphatic carbocycles. The van der Waals surface area contributed by atoms with Crippen LogP contribution in [0.25, 0.3) is 0 Å². The summed E-state index contributed by atoms with van der Waals surface area (Å²) in [5, 5.41) is 5.62. The highest BCUT2D eigenvalue weighted by Gasteiger charge is 2.31. The van der Waals surface area contributed by atoms with E-state index in [1.54, 1.807) is 13.2 Å². The second-order valence-corrected chi connectivity index (χ2v) is 6.33. The normalized spacial score (nSPS) is 18.0. The molecule has 0 aromatic heterocycles. The van der Waals surface area contributed by atoms with Gasteiger partial charge in [-0.3, -0.25) is 14.5 Å². The van der Waals surface area contributed by atoms with Crippen LogP contribution in [0.15, 0.2) is 18.2 Å². The number of hydrogen-bond donors (Lipinski definition) is 2. The van der Waals surface area contributed by atoms with E-state index in [1.165, 1.54) is 12.1 Å². The van der Waals surface area contributed by atoms with Gasteiger partial charge in [0.2, 0.25) is 11.8 Å². The van der Waals surface area contributed by atoms with Gasteiger partial charge in [0.1, 0.15) is 5.82 Å². The Balaban J connectivity index is 1.96. The fourth-order valence-corrected chi connectivity index (χ4v) is 2.86. The summed E-state index contributed by atoms with van der Waals surface area (Å²) in [7, 11) is 1.60. The van der Waals surface area contributed by atoms with E-state index in [2.05, 4.69) is 10.6 Å². The number of nitrogens with zero attached hydrogens (tertiary/aromatic N) is 1. The van der Waals surface area contributed by atoms with Crippen LogP contribution in [0.2, 0.25) is 5.02 Å². The van der Waals surface area contributed by atoms with Crippen molar-refractivity contribution in [2.45, 2.75) is 25.4 Å². The van der Waals surface area contributed by atoms with Crippen molar-refractivity contribution >= 4 is 23.4 Å². The number of halogens is 2. The van der Waals surface area contributed by atoms with Crippen molar-refractivity contribution < 1.29 is 18.7 Å². The number of carbonyl (C=O) groups is 2. The third-order valence-electron chi connectivity index (χ3n) is 4.04. The van der Waals surface area contributed by atoms with Crippen molar-refractivity contribution in [3.05, 3.63) is 34.6 Å². The zero-order chi connectivity index (χ0) is 18.2. The largest absolute Gasteiger partial charge is 0.385 e. The van der Waals surface area contributed by atoms with Crippen molar-refractivity contribution in [3.63, 3.8) is 0 Å². The summed E-state index contributed by atoms with van der Waals surface area (Å²) < 4.78 is 18.5. The first-order valence-electron chi connectivity index (χ1n) is 8.22. The molecule has 8 heteroatoms. The number of amides is 2. The van der Waals surface area contributed by atoms with Gasteiger partial charge in [-0.1, -0.05) is 17.7 Å². The van der Waals surface area contributed by atoms with E-state index in [-0.39, 0.29) is 23.3 Å². The molecule has 0 radical (unpaired) electrons. The maximum Gasteiger partial charge on any atom is 0.237 e. The first-order chi connectivity index (χ1) is 12.0. The monoisotopic (exact) mass is 371 g/mol. The predicted octanol–water partition coefficient (Wildman–Crippen LogP) is 1.32. The number of methoxy groups -OCH3 is 1. The Morgan fingerprint density at radius 3 is 3.04 bits per heavy atom. The van der Waals surface area contributed by atoms with E-state index in [9.17, 15) is 14.0 Å². The highest BCUT2D eigenvalue weighted by Crippen LogP contribution is 2.19. The molecule has 0 bridgehead atoms. The first kappa shape index (κ1) is 19.6. The molecule has 138 valence electrons. The van der Waals surface area contributed by atoms with Gasteiger partial charge < -0.3 is 15.4 Å². The Hall–Kier alpha value is -1.70. The standard InChI is InChI=1S/C17H23ClFN3O3/c1-25-8-2-5-20-16(23)10-15-17(24)21-6-7-22(15)11-12-3-4-13(18)14(19)9-12/h3-4,9,15H,2,5-8,10-11H2,1H3,(H,20,23)(H,21,24). The summed E-state index contributed by atoms with van der Waals surface area (Å²) in [6.45, 7) is 2.55. The summed E-state index contributed by atoms with van der Waals surface area (Å²) in [4.78, 5) is 26.1. The van der Waals surface area contributed by atoms with Gasteiger partial charge in [0.05, 0.1) is 17.5 Å². The van der Waals surface area contributed by atoms with Gasteiger partial charge in [0, 0.05) is 39.9 Å². The van der Waals surface area contributed by atoms with Crippen LogP contribution < -0.4 is 10.6 Å². The molecule has 1 aromatic carbocycles. The molecule has 2 rings (SSSR count). The summed E-state index contributed by atoms with van der Waals surface area (Å²) >= 11 is 5.70. The average Bonchev–Trinajstić information content (AvgIpc) is 2.58. The van der Waals surface area contributed by atoms with Crippen molar-refractivity contribution in [1.29, 1.82) is 0 Å². The number of ether oxygens (including phenoxy) is 1. The molecule has 2 N–H and O–H groups in total. The summed E-state index contributed by atoms with van der Waals surface area (Å²) in [6.07, 6.45) is 0.780. The Morgan fingerprint density at radius 2 is 2.32 bits per heavy atom. The Kier molecular flexibility index (Phi) is 7.61. The smallest absolute Gasteiger partial charge is 0.237 e. The lowest BCUT2D eigenvalue weighted by Gasteiger charge is -2.34. The lowest BCUT2D eigenvalue weighted by Crippen LogP contribution is -2.56. The summed E-state index contributed by atoms with van der Waals surface area (Å²) in [5.74, 6) is -0.869. The quantitative estimate of drug-likeness (QED) is 0.676. The molecule has 1 fully saturated rings. The fraction of sp³-hybridized carbons (Fsp3) is 0.529. The number of nitrogens with one attached hydrogen (secondary N) is 2. The van der Waals surface area contributed by atoms with E-state index in [4.69, 9.17) is 16.3 Å². The van der Waals surface area contributed by atoms with E-state index in [0.717, 1.165) is 0 Å². The summed E-state index contributed by atoms with van der Waals surface area (Å²) in [6, 6.07) is 4.00. The Labute approximate surface area is 151 Å². The molecule has 6 nitrogen and oxygen atoms in total. The third kappa shape index (κ3) is 5.95. The maximum absolute atomic E-state index is 13.6. The lowest BCUT2D eigenvalue weighted by atomic mass is 10.1. The first-order valence-corrected chi connectivity index (χ1v) is 8.60. The second-order valence-electron chi connectivity index (χ2n) is 5.93. The van der Waals surface area contributed by atoms with Gasteiger partial charge in [-0.15, -0.1) is 0 Å². The minimum absolute atomic E-state index is 0.0622. The number of piperazine rings is 1. The van der Waals surface area contributed by atoms with Gasteiger partial charge in [-0.25, -0.2) is 4.39 Å². The van der Waals surface area contributed by atoms with Gasteiger partial charge in [-0.05, 0) is 24.1 Å². The predicted molar refractivity (Wildman–Crippen MR) is 92.7 cm³/mol. The number of benzene rings is 1. The van der Waals surface area contributed by atoms with Crippen molar-refractivity contribution in [2.75, 3.05) is 33.4 Å². The highest BCUT2D eigenvalue weighted by molar-refractivity contribution is 6.30. The van der Waals surface area contributed by atoms with Gasteiger partial charge in [0.25, 0.3) is 0 Å². The van der Waals surface area contributed by atoms with Crippen LogP contribution >= 0.6 is 11.6 Å². The Morgan fingerprint density at radius 1 is 1.52 bits per heavy atom. The maximum atomic E-state index is 13.6. The molecule has 1 saturated heterocycles. The van der Waals surface area contributed by atoms with Gasteiger partial charge >= 0.3 is 0 Å². The van der Waals surface area contributed by atoms with Gasteiger partial charge in [-0.2, -0.15) is 0 Å². The van der Waals surface area contributed by atoms with Crippen LogP contribution in [0, 0.1) is 5.82 Å². The topological polar surface area (TPSA) is 70.7 Å². The van der Waals surface area contributed by atoms with Crippen molar-refractivity contribution in [3.8, 4) is 0 Å². The van der Waals surface area contributed by atoms with Crippen LogP contribution in [-0.4, -0.2) is 56.1 Å². The molecule has 0 spiro atoms. The SMILES string of the molecule is COCCCNC(=O)CC1C(=O)NCCN1Cc1ccc(Cl)c(F)c1. The molecule has 1 heterocycles. The van der Waals surface area contributed by atoms with E-state index in [0.29, 0.717) is 44.8 Å². The molecule has 1 aliphatic heterocycles. The third-order valence-corrected chi connectivity index (χ3v) is 4.34. The zero-order valence-corrected chi connectivity index (χ0v) is 14.9.